The Hall–Kier alpha value is -1.36. The lowest BCUT2D eigenvalue weighted by molar-refractivity contribution is 0.0950. The highest BCUT2D eigenvalue weighted by Crippen LogP contribution is 2.19. The van der Waals surface area contributed by atoms with Crippen LogP contribution in [0.15, 0.2) is 6.20 Å². The van der Waals surface area contributed by atoms with Gasteiger partial charge in [-0.2, -0.15) is 5.10 Å². The van der Waals surface area contributed by atoms with E-state index in [1.54, 1.807) is 25.1 Å². The maximum atomic E-state index is 11.9. The summed E-state index contributed by atoms with van der Waals surface area (Å²) in [4.78, 5) is 11.9. The second kappa shape index (κ2) is 6.27. The van der Waals surface area contributed by atoms with Crippen LogP contribution in [-0.2, 0) is 11.3 Å². The minimum Gasteiger partial charge on any atom is -0.493 e. The highest BCUT2D eigenvalue weighted by molar-refractivity contribution is 5.96. The van der Waals surface area contributed by atoms with Crippen molar-refractivity contribution in [1.82, 2.24) is 9.78 Å². The Balaban J connectivity index is 2.75. The van der Waals surface area contributed by atoms with E-state index < -0.39 is 0 Å². The van der Waals surface area contributed by atoms with Crippen molar-refractivity contribution in [3.8, 4) is 5.75 Å². The largest absolute Gasteiger partial charge is 0.493 e. The zero-order valence-corrected chi connectivity index (χ0v) is 10.0. The van der Waals surface area contributed by atoms with Gasteiger partial charge in [-0.15, -0.1) is 0 Å². The molecule has 0 saturated heterocycles. The van der Waals surface area contributed by atoms with Crippen molar-refractivity contribution in [2.75, 3.05) is 20.8 Å². The number of carbonyl (C=O) groups excluding carboxylic acids is 1. The van der Waals surface area contributed by atoms with Gasteiger partial charge in [0.05, 0.1) is 13.3 Å². The lowest BCUT2D eigenvalue weighted by atomic mass is 10.1. The number of hydrogen-bond donors (Lipinski definition) is 0. The predicted molar refractivity (Wildman–Crippen MR) is 59.9 cm³/mol. The van der Waals surface area contributed by atoms with Gasteiger partial charge in [0.25, 0.3) is 0 Å². The lowest BCUT2D eigenvalue weighted by Crippen LogP contribution is -2.11. The maximum absolute atomic E-state index is 11.9. The first kappa shape index (κ1) is 12.7. The first-order chi connectivity index (χ1) is 7.74. The predicted octanol–water partition coefficient (Wildman–Crippen LogP) is 1.52. The van der Waals surface area contributed by atoms with Crippen LogP contribution in [0.1, 0.15) is 30.3 Å². The molecule has 0 atom stereocenters. The van der Waals surface area contributed by atoms with Crippen molar-refractivity contribution in [2.45, 2.75) is 26.3 Å². The molecule has 0 aromatic carbocycles. The normalized spacial score (nSPS) is 10.4. The van der Waals surface area contributed by atoms with Crippen LogP contribution in [0.5, 0.6) is 5.75 Å². The monoisotopic (exact) mass is 226 g/mol. The third-order valence-corrected chi connectivity index (χ3v) is 2.34. The highest BCUT2D eigenvalue weighted by Gasteiger charge is 2.17. The number of hydrogen-bond acceptors (Lipinski definition) is 4. The van der Waals surface area contributed by atoms with Crippen molar-refractivity contribution in [2.24, 2.45) is 0 Å². The van der Waals surface area contributed by atoms with Crippen LogP contribution in [0, 0.1) is 0 Å². The molecule has 5 heteroatoms. The number of ether oxygens (including phenoxy) is 2. The molecule has 0 radical (unpaired) electrons. The second-order valence-corrected chi connectivity index (χ2v) is 3.40. The van der Waals surface area contributed by atoms with Crippen LogP contribution in [0.4, 0.5) is 0 Å². The molecule has 1 heterocycles. The Labute approximate surface area is 95.3 Å². The van der Waals surface area contributed by atoms with Crippen LogP contribution in [0.25, 0.3) is 0 Å². The van der Waals surface area contributed by atoms with Gasteiger partial charge in [0, 0.05) is 26.7 Å². The molecule has 0 bridgehead atoms. The molecule has 0 N–H and O–H groups in total. The van der Waals surface area contributed by atoms with Gasteiger partial charge in [-0.3, -0.25) is 9.48 Å². The van der Waals surface area contributed by atoms with E-state index in [4.69, 9.17) is 9.47 Å². The van der Waals surface area contributed by atoms with Gasteiger partial charge in [0.2, 0.25) is 0 Å². The fourth-order valence-electron chi connectivity index (χ4n) is 1.53. The summed E-state index contributed by atoms with van der Waals surface area (Å²) < 4.78 is 11.7. The molecule has 0 saturated carbocycles. The smallest absolute Gasteiger partial charge is 0.184 e. The SMILES string of the molecule is CCn1ncc(OC)c1C(=O)CCCOC. The summed E-state index contributed by atoms with van der Waals surface area (Å²) in [5.74, 6) is 0.595. The Morgan fingerprint density at radius 3 is 2.81 bits per heavy atom. The molecule has 1 rings (SSSR count). The molecule has 90 valence electrons. The summed E-state index contributed by atoms with van der Waals surface area (Å²) in [6, 6.07) is 0. The van der Waals surface area contributed by atoms with E-state index in [0.29, 0.717) is 37.4 Å². The molecule has 0 fully saturated rings. The van der Waals surface area contributed by atoms with Crippen LogP contribution in [0.2, 0.25) is 0 Å². The van der Waals surface area contributed by atoms with Crippen LogP contribution in [-0.4, -0.2) is 36.4 Å². The van der Waals surface area contributed by atoms with Gasteiger partial charge in [-0.05, 0) is 13.3 Å². The molecular weight excluding hydrogens is 208 g/mol. The van der Waals surface area contributed by atoms with E-state index in [-0.39, 0.29) is 5.78 Å². The number of Topliss-reactive ketones (excluding diaryl/α,β-unsaturated/α-hetero) is 1. The number of nitrogens with zero attached hydrogens (tertiary/aromatic N) is 2. The quantitative estimate of drug-likeness (QED) is 0.522. The number of methoxy groups -OCH3 is 2. The second-order valence-electron chi connectivity index (χ2n) is 3.40. The molecule has 0 spiro atoms. The van der Waals surface area contributed by atoms with Crippen molar-refractivity contribution in [1.29, 1.82) is 0 Å². The fourth-order valence-corrected chi connectivity index (χ4v) is 1.53. The summed E-state index contributed by atoms with van der Waals surface area (Å²) in [7, 11) is 3.17. The number of ketones is 1. The summed E-state index contributed by atoms with van der Waals surface area (Å²) >= 11 is 0. The third-order valence-electron chi connectivity index (χ3n) is 2.34. The first-order valence-electron chi connectivity index (χ1n) is 5.36. The van der Waals surface area contributed by atoms with Gasteiger partial charge in [0.15, 0.2) is 11.5 Å². The summed E-state index contributed by atoms with van der Waals surface area (Å²) in [6.45, 7) is 3.20. The Kier molecular flexibility index (Phi) is 4.98. The molecule has 0 aliphatic rings. The standard InChI is InChI=1S/C11H18N2O3/c1-4-13-11(10(16-3)8-12-13)9(14)6-5-7-15-2/h8H,4-7H2,1-3H3. The molecular formula is C11H18N2O3. The van der Waals surface area contributed by atoms with E-state index in [1.807, 2.05) is 6.92 Å². The third kappa shape index (κ3) is 2.82. The summed E-state index contributed by atoms with van der Waals surface area (Å²) in [5, 5.41) is 4.09. The minimum absolute atomic E-state index is 0.0493. The zero-order chi connectivity index (χ0) is 12.0. The highest BCUT2D eigenvalue weighted by atomic mass is 16.5. The molecule has 1 aromatic rings. The van der Waals surface area contributed by atoms with E-state index in [9.17, 15) is 4.79 Å². The Bertz CT molecular complexity index is 325. The Morgan fingerprint density at radius 2 is 2.25 bits per heavy atom. The molecule has 1 aromatic heterocycles. The van der Waals surface area contributed by atoms with Crippen molar-refractivity contribution in [3.05, 3.63) is 11.9 Å². The van der Waals surface area contributed by atoms with Crippen molar-refractivity contribution in [3.63, 3.8) is 0 Å². The Morgan fingerprint density at radius 1 is 1.50 bits per heavy atom. The van der Waals surface area contributed by atoms with Crippen LogP contribution >= 0.6 is 0 Å². The first-order valence-corrected chi connectivity index (χ1v) is 5.36. The molecule has 16 heavy (non-hydrogen) atoms. The average molecular weight is 226 g/mol. The van der Waals surface area contributed by atoms with Crippen LogP contribution in [0.3, 0.4) is 0 Å². The van der Waals surface area contributed by atoms with E-state index >= 15 is 0 Å². The van der Waals surface area contributed by atoms with E-state index in [0.717, 1.165) is 0 Å². The summed E-state index contributed by atoms with van der Waals surface area (Å²) in [6.07, 6.45) is 2.75. The maximum Gasteiger partial charge on any atom is 0.184 e. The number of carbonyl (C=O) groups is 1. The van der Waals surface area contributed by atoms with Crippen LogP contribution < -0.4 is 4.74 Å². The molecule has 0 unspecified atom stereocenters. The van der Waals surface area contributed by atoms with Crippen molar-refractivity contribution >= 4 is 5.78 Å². The molecule has 0 aliphatic heterocycles. The molecule has 0 aliphatic carbocycles. The topological polar surface area (TPSA) is 53.4 Å². The molecule has 0 amide bonds. The summed E-state index contributed by atoms with van der Waals surface area (Å²) in [5.41, 5.74) is 0.557. The number of rotatable bonds is 7. The lowest BCUT2D eigenvalue weighted by Gasteiger charge is -2.05. The van der Waals surface area contributed by atoms with E-state index in [2.05, 4.69) is 5.10 Å². The van der Waals surface area contributed by atoms with Gasteiger partial charge in [-0.25, -0.2) is 0 Å². The number of aromatic nitrogens is 2. The molecule has 5 nitrogen and oxygen atoms in total. The van der Waals surface area contributed by atoms with Gasteiger partial charge in [0.1, 0.15) is 5.69 Å². The number of aryl methyl sites for hydroxylation is 1. The minimum atomic E-state index is 0.0493. The van der Waals surface area contributed by atoms with Gasteiger partial charge >= 0.3 is 0 Å². The van der Waals surface area contributed by atoms with Crippen molar-refractivity contribution < 1.29 is 14.3 Å². The van der Waals surface area contributed by atoms with E-state index in [1.165, 1.54) is 0 Å². The van der Waals surface area contributed by atoms with Gasteiger partial charge < -0.3 is 9.47 Å². The fraction of sp³-hybridized carbons (Fsp3) is 0.636. The average Bonchev–Trinajstić information content (AvgIpc) is 2.71. The zero-order valence-electron chi connectivity index (χ0n) is 10.0. The van der Waals surface area contributed by atoms with Gasteiger partial charge in [-0.1, -0.05) is 0 Å².